The molecule has 8 nitrogen and oxygen atoms in total. The van der Waals surface area contributed by atoms with Gasteiger partial charge in [-0.3, -0.25) is 0 Å². The van der Waals surface area contributed by atoms with Gasteiger partial charge in [0.05, 0.1) is 0 Å². The molecule has 0 aliphatic rings. The fourth-order valence-electron chi connectivity index (χ4n) is 3.17. The summed E-state index contributed by atoms with van der Waals surface area (Å²) in [5.41, 5.74) is 0.210. The summed E-state index contributed by atoms with van der Waals surface area (Å²) in [6.45, 7) is 14.3. The molecule has 0 aromatic heterocycles. The third-order valence-electron chi connectivity index (χ3n) is 4.48. The molecule has 0 unspecified atom stereocenters. The van der Waals surface area contributed by atoms with Crippen molar-refractivity contribution in [3.8, 4) is 5.75 Å². The van der Waals surface area contributed by atoms with Gasteiger partial charge in [0.15, 0.2) is 0 Å². The number of rotatable bonds is 7. The first-order valence-electron chi connectivity index (χ1n) is 11.5. The third kappa shape index (κ3) is 10.5. The molecule has 0 fully saturated rings. The molecule has 1 rings (SSSR count). The van der Waals surface area contributed by atoms with Gasteiger partial charge in [0.1, 0.15) is 0 Å². The molecular formula is C25H41NO7Sn. The zero-order chi connectivity index (χ0) is 26.5. The van der Waals surface area contributed by atoms with Crippen LogP contribution < -0.4 is 13.6 Å². The topological polar surface area (TPSA) is 100 Å². The number of hydrogen-bond acceptors (Lipinski definition) is 7. The Kier molecular flexibility index (Phi) is 10.3. The first-order valence-corrected chi connectivity index (χ1v) is 21.5. The fraction of sp³-hybridized carbons (Fsp3) is 0.640. The molecule has 1 aromatic carbocycles. The Morgan fingerprint density at radius 1 is 0.971 bits per heavy atom. The number of benzene rings is 1. The minimum absolute atomic E-state index is 0.173. The van der Waals surface area contributed by atoms with Crippen molar-refractivity contribution in [3.05, 3.63) is 23.3 Å². The molecule has 1 N–H and O–H groups in total. The first-order chi connectivity index (χ1) is 15.3. The van der Waals surface area contributed by atoms with Crippen LogP contribution in [0.1, 0.15) is 59.6 Å². The summed E-state index contributed by atoms with van der Waals surface area (Å²) in [5, 5.41) is 2.65. The Morgan fingerprint density at radius 2 is 1.53 bits per heavy atom. The number of hydrogen-bond donors (Lipinski definition) is 1. The van der Waals surface area contributed by atoms with Crippen molar-refractivity contribution < 1.29 is 33.3 Å². The molecule has 0 aliphatic carbocycles. The van der Waals surface area contributed by atoms with E-state index in [1.165, 1.54) is 0 Å². The Hall–Kier alpha value is -1.97. The third-order valence-corrected chi connectivity index (χ3v) is 10.4. The molecule has 0 bridgehead atoms. The van der Waals surface area contributed by atoms with Crippen LogP contribution >= 0.6 is 0 Å². The standard InChI is InChI=1S/C22H32NO7.3CH3.Sn/c1-9-27-18(24)16(23-19(25)29-21(3,4)5)12-15-11-10-14(2)17(13-15)28-20(26)30-22(6,7)8;;;;/h10,13,16H,9,12H2,1-8H3,(H,23,25);3*1H3;/t16-;;;;/m0..../s1. The number of nitrogens with one attached hydrogen (secondary N) is 1. The predicted molar refractivity (Wildman–Crippen MR) is 135 cm³/mol. The van der Waals surface area contributed by atoms with E-state index >= 15 is 0 Å². The number of carbonyl (C=O) groups excluding carboxylic acids is 3. The second-order valence-corrected chi connectivity index (χ2v) is 25.6. The van der Waals surface area contributed by atoms with Crippen LogP contribution in [0.4, 0.5) is 9.59 Å². The molecular weight excluding hydrogens is 545 g/mol. The molecule has 1 atom stereocenters. The maximum absolute atomic E-state index is 12.7. The number of ether oxygens (including phenoxy) is 4. The normalized spacial score (nSPS) is 13.0. The molecule has 0 heterocycles. The summed E-state index contributed by atoms with van der Waals surface area (Å²) in [6, 6.07) is 2.82. The van der Waals surface area contributed by atoms with Crippen LogP contribution in [0.25, 0.3) is 0 Å². The van der Waals surface area contributed by atoms with E-state index in [9.17, 15) is 14.4 Å². The molecule has 0 saturated carbocycles. The zero-order valence-corrected chi connectivity index (χ0v) is 25.4. The number of amides is 1. The molecule has 34 heavy (non-hydrogen) atoms. The van der Waals surface area contributed by atoms with Crippen LogP contribution in [0, 0.1) is 6.92 Å². The van der Waals surface area contributed by atoms with Gasteiger partial charge in [-0.2, -0.15) is 0 Å². The van der Waals surface area contributed by atoms with Crippen LogP contribution in [0.2, 0.25) is 14.8 Å². The second kappa shape index (κ2) is 11.6. The molecule has 0 spiro atoms. The summed E-state index contributed by atoms with van der Waals surface area (Å²) in [7, 11) is 0. The van der Waals surface area contributed by atoms with Crippen molar-refractivity contribution in [3.63, 3.8) is 0 Å². The quantitative estimate of drug-likeness (QED) is 0.211. The van der Waals surface area contributed by atoms with E-state index in [-0.39, 0.29) is 13.0 Å². The zero-order valence-electron chi connectivity index (χ0n) is 22.5. The van der Waals surface area contributed by atoms with Gasteiger partial charge in [0.25, 0.3) is 0 Å². The van der Waals surface area contributed by atoms with Crippen molar-refractivity contribution in [2.75, 3.05) is 6.61 Å². The van der Waals surface area contributed by atoms with Gasteiger partial charge in [-0.15, -0.1) is 0 Å². The minimum atomic E-state index is -2.69. The summed E-state index contributed by atoms with van der Waals surface area (Å²) in [5.74, 6) is -0.206. The summed E-state index contributed by atoms with van der Waals surface area (Å²) >= 11 is -2.69. The van der Waals surface area contributed by atoms with E-state index in [4.69, 9.17) is 18.9 Å². The van der Waals surface area contributed by atoms with Gasteiger partial charge in [0.2, 0.25) is 0 Å². The van der Waals surface area contributed by atoms with E-state index in [1.54, 1.807) is 54.5 Å². The molecule has 9 heteroatoms. The molecule has 0 saturated heterocycles. The first kappa shape index (κ1) is 30.1. The average Bonchev–Trinajstić information content (AvgIpc) is 2.59. The number of esters is 1. The summed E-state index contributed by atoms with van der Waals surface area (Å²) < 4.78 is 22.5. The van der Waals surface area contributed by atoms with E-state index in [0.29, 0.717) is 5.75 Å². The molecule has 192 valence electrons. The summed E-state index contributed by atoms with van der Waals surface area (Å²) in [6.07, 6.45) is -1.34. The molecule has 1 amide bonds. The number of aryl methyl sites for hydroxylation is 1. The molecule has 0 radical (unpaired) electrons. The van der Waals surface area contributed by atoms with Crippen LogP contribution in [0.5, 0.6) is 5.75 Å². The van der Waals surface area contributed by atoms with E-state index in [1.807, 2.05) is 13.0 Å². The van der Waals surface area contributed by atoms with Crippen molar-refractivity contribution >= 4 is 40.2 Å². The summed E-state index contributed by atoms with van der Waals surface area (Å²) in [4.78, 5) is 44.2. The Balaban J connectivity index is 3.38. The van der Waals surface area contributed by atoms with Crippen LogP contribution in [0.3, 0.4) is 0 Å². The monoisotopic (exact) mass is 587 g/mol. The van der Waals surface area contributed by atoms with Crippen LogP contribution in [0.15, 0.2) is 12.1 Å². The van der Waals surface area contributed by atoms with Crippen molar-refractivity contribution in [2.45, 2.75) is 93.9 Å². The fourth-order valence-corrected chi connectivity index (χ4v) is 8.27. The molecule has 1 aromatic rings. The van der Waals surface area contributed by atoms with Crippen LogP contribution in [-0.4, -0.2) is 60.4 Å². The maximum atomic E-state index is 12.7. The molecule has 0 aliphatic heterocycles. The predicted octanol–water partition coefficient (Wildman–Crippen LogP) is 4.85. The van der Waals surface area contributed by atoms with Gasteiger partial charge in [-0.05, 0) is 0 Å². The Bertz CT molecular complexity index is 892. The van der Waals surface area contributed by atoms with Gasteiger partial charge >= 0.3 is 208 Å². The Labute approximate surface area is 207 Å². The van der Waals surface area contributed by atoms with Gasteiger partial charge in [-0.25, -0.2) is 0 Å². The van der Waals surface area contributed by atoms with E-state index < -0.39 is 53.8 Å². The van der Waals surface area contributed by atoms with E-state index in [0.717, 1.165) is 14.7 Å². The van der Waals surface area contributed by atoms with Crippen molar-refractivity contribution in [2.24, 2.45) is 0 Å². The van der Waals surface area contributed by atoms with Gasteiger partial charge < -0.3 is 0 Å². The average molecular weight is 586 g/mol. The van der Waals surface area contributed by atoms with Crippen molar-refractivity contribution in [1.29, 1.82) is 0 Å². The van der Waals surface area contributed by atoms with Gasteiger partial charge in [-0.1, -0.05) is 0 Å². The van der Waals surface area contributed by atoms with Gasteiger partial charge in [0, 0.05) is 0 Å². The number of carbonyl (C=O) groups is 3. The SMILES string of the molecule is CCOC(=O)[C@H](Cc1cc(OC(=O)OC(C)(C)C)c(C)c[c]1[Sn]([CH3])([CH3])[CH3])NC(=O)OC(C)(C)C. The van der Waals surface area contributed by atoms with Crippen LogP contribution in [-0.2, 0) is 25.4 Å². The van der Waals surface area contributed by atoms with Crippen molar-refractivity contribution in [1.82, 2.24) is 5.32 Å². The Morgan fingerprint density at radius 3 is 2.00 bits per heavy atom. The second-order valence-electron chi connectivity index (χ2n) is 11.2. The van der Waals surface area contributed by atoms with E-state index in [2.05, 4.69) is 20.1 Å². The number of alkyl carbamates (subject to hydrolysis) is 1.